The van der Waals surface area contributed by atoms with Crippen molar-refractivity contribution in [3.63, 3.8) is 0 Å². The number of ether oxygens (including phenoxy) is 1. The van der Waals surface area contributed by atoms with Gasteiger partial charge < -0.3 is 15.4 Å². The van der Waals surface area contributed by atoms with E-state index in [0.29, 0.717) is 13.2 Å². The molecule has 0 radical (unpaired) electrons. The van der Waals surface area contributed by atoms with Crippen LogP contribution in [0.4, 0.5) is 4.79 Å². The number of fused-ring (bicyclic) bond motifs is 1. The first-order chi connectivity index (χ1) is 11.7. The Kier molecular flexibility index (Phi) is 5.73. The summed E-state index contributed by atoms with van der Waals surface area (Å²) >= 11 is 0. The monoisotopic (exact) mass is 335 g/mol. The Balaban J connectivity index is 1.63. The van der Waals surface area contributed by atoms with Gasteiger partial charge in [0.2, 0.25) is 0 Å². The van der Waals surface area contributed by atoms with E-state index in [1.807, 2.05) is 6.92 Å². The first-order valence-electron chi connectivity index (χ1n) is 9.13. The molecule has 0 aromatic carbocycles. The van der Waals surface area contributed by atoms with Crippen LogP contribution in [0.1, 0.15) is 43.6 Å². The van der Waals surface area contributed by atoms with Gasteiger partial charge in [-0.25, -0.2) is 4.79 Å². The van der Waals surface area contributed by atoms with Crippen LogP contribution >= 0.6 is 0 Å². The van der Waals surface area contributed by atoms with E-state index in [0.717, 1.165) is 57.7 Å². The topological polar surface area (TPSA) is 71.4 Å². The number of amides is 2. The van der Waals surface area contributed by atoms with Gasteiger partial charge in [-0.1, -0.05) is 0 Å². The SMILES string of the molecule is CCNC(=O)NC1CCCN(Cc2nn(CC)c3c2COCC3)C1. The highest BCUT2D eigenvalue weighted by atomic mass is 16.5. The van der Waals surface area contributed by atoms with Crippen LogP contribution in [0.2, 0.25) is 0 Å². The first kappa shape index (κ1) is 17.2. The second-order valence-corrected chi connectivity index (χ2v) is 6.57. The minimum absolute atomic E-state index is 0.0645. The highest BCUT2D eigenvalue weighted by molar-refractivity contribution is 5.74. The Hall–Kier alpha value is -1.60. The van der Waals surface area contributed by atoms with Gasteiger partial charge >= 0.3 is 6.03 Å². The van der Waals surface area contributed by atoms with Crippen LogP contribution < -0.4 is 10.6 Å². The van der Waals surface area contributed by atoms with Crippen molar-refractivity contribution in [2.24, 2.45) is 0 Å². The zero-order valence-electron chi connectivity index (χ0n) is 14.8. The summed E-state index contributed by atoms with van der Waals surface area (Å²) in [6.07, 6.45) is 3.10. The van der Waals surface area contributed by atoms with Crippen molar-refractivity contribution in [1.29, 1.82) is 0 Å². The molecule has 24 heavy (non-hydrogen) atoms. The summed E-state index contributed by atoms with van der Waals surface area (Å²) < 4.78 is 7.77. The lowest BCUT2D eigenvalue weighted by atomic mass is 10.0. The van der Waals surface area contributed by atoms with Crippen molar-refractivity contribution in [3.8, 4) is 0 Å². The van der Waals surface area contributed by atoms with Gasteiger partial charge in [0.1, 0.15) is 0 Å². The number of hydrogen-bond donors (Lipinski definition) is 2. The van der Waals surface area contributed by atoms with E-state index < -0.39 is 0 Å². The predicted molar refractivity (Wildman–Crippen MR) is 91.8 cm³/mol. The molecule has 1 fully saturated rings. The van der Waals surface area contributed by atoms with Gasteiger partial charge in [0.25, 0.3) is 0 Å². The number of nitrogens with zero attached hydrogens (tertiary/aromatic N) is 3. The molecule has 2 amide bonds. The molecule has 7 nitrogen and oxygen atoms in total. The van der Waals surface area contributed by atoms with Crippen molar-refractivity contribution < 1.29 is 9.53 Å². The summed E-state index contributed by atoms with van der Waals surface area (Å²) in [5, 5.41) is 10.7. The summed E-state index contributed by atoms with van der Waals surface area (Å²) in [7, 11) is 0. The molecule has 0 spiro atoms. The van der Waals surface area contributed by atoms with Crippen LogP contribution in [-0.2, 0) is 30.9 Å². The molecule has 0 bridgehead atoms. The van der Waals surface area contributed by atoms with Crippen molar-refractivity contribution in [2.75, 3.05) is 26.2 Å². The number of piperidine rings is 1. The fourth-order valence-electron chi connectivity index (χ4n) is 3.69. The molecule has 0 aliphatic carbocycles. The maximum atomic E-state index is 11.7. The Morgan fingerprint density at radius 2 is 2.29 bits per heavy atom. The third-order valence-corrected chi connectivity index (χ3v) is 4.83. The number of nitrogens with one attached hydrogen (secondary N) is 2. The average Bonchev–Trinajstić information content (AvgIpc) is 2.93. The fraction of sp³-hybridized carbons (Fsp3) is 0.765. The Bertz CT molecular complexity index is 572. The lowest BCUT2D eigenvalue weighted by Crippen LogP contribution is -2.50. The second kappa shape index (κ2) is 7.98. The van der Waals surface area contributed by atoms with E-state index in [-0.39, 0.29) is 12.1 Å². The number of rotatable bonds is 5. The highest BCUT2D eigenvalue weighted by Gasteiger charge is 2.25. The van der Waals surface area contributed by atoms with E-state index in [1.54, 1.807) is 0 Å². The number of carbonyl (C=O) groups excluding carboxylic acids is 1. The largest absolute Gasteiger partial charge is 0.376 e. The number of aromatic nitrogens is 2. The minimum Gasteiger partial charge on any atom is -0.376 e. The molecular formula is C17H29N5O2. The summed E-state index contributed by atoms with van der Waals surface area (Å²) in [5.74, 6) is 0. The Morgan fingerprint density at radius 3 is 3.08 bits per heavy atom. The lowest BCUT2D eigenvalue weighted by molar-refractivity contribution is 0.107. The first-order valence-corrected chi connectivity index (χ1v) is 9.13. The maximum absolute atomic E-state index is 11.7. The molecule has 1 aromatic rings. The highest BCUT2D eigenvalue weighted by Crippen LogP contribution is 2.23. The zero-order chi connectivity index (χ0) is 16.9. The van der Waals surface area contributed by atoms with Gasteiger partial charge in [-0.15, -0.1) is 0 Å². The van der Waals surface area contributed by atoms with Crippen LogP contribution in [-0.4, -0.2) is 53.0 Å². The minimum atomic E-state index is -0.0645. The lowest BCUT2D eigenvalue weighted by Gasteiger charge is -2.32. The van der Waals surface area contributed by atoms with Gasteiger partial charge in [0, 0.05) is 49.9 Å². The van der Waals surface area contributed by atoms with Crippen LogP contribution in [0, 0.1) is 0 Å². The van der Waals surface area contributed by atoms with Gasteiger partial charge in [-0.3, -0.25) is 9.58 Å². The third-order valence-electron chi connectivity index (χ3n) is 4.83. The van der Waals surface area contributed by atoms with Gasteiger partial charge in [-0.2, -0.15) is 5.10 Å². The normalized spacial score (nSPS) is 21.3. The van der Waals surface area contributed by atoms with E-state index in [2.05, 4.69) is 27.1 Å². The number of urea groups is 1. The van der Waals surface area contributed by atoms with Crippen LogP contribution in [0.15, 0.2) is 0 Å². The molecule has 2 aliphatic heterocycles. The Labute approximate surface area is 143 Å². The average molecular weight is 335 g/mol. The molecule has 7 heteroatoms. The number of hydrogen-bond acceptors (Lipinski definition) is 4. The molecule has 3 rings (SSSR count). The zero-order valence-corrected chi connectivity index (χ0v) is 14.8. The number of likely N-dealkylation sites (tertiary alicyclic amines) is 1. The molecule has 1 atom stereocenters. The summed E-state index contributed by atoms with van der Waals surface area (Å²) in [5.41, 5.74) is 3.76. The van der Waals surface area contributed by atoms with E-state index in [4.69, 9.17) is 9.84 Å². The van der Waals surface area contributed by atoms with Gasteiger partial charge in [0.05, 0.1) is 18.9 Å². The Morgan fingerprint density at radius 1 is 1.42 bits per heavy atom. The third kappa shape index (κ3) is 3.89. The van der Waals surface area contributed by atoms with Gasteiger partial charge in [-0.05, 0) is 33.2 Å². The van der Waals surface area contributed by atoms with E-state index in [9.17, 15) is 4.79 Å². The van der Waals surface area contributed by atoms with Crippen molar-refractivity contribution in [2.45, 2.75) is 58.8 Å². The van der Waals surface area contributed by atoms with Crippen LogP contribution in [0.3, 0.4) is 0 Å². The smallest absolute Gasteiger partial charge is 0.315 e. The summed E-state index contributed by atoms with van der Waals surface area (Å²) in [4.78, 5) is 14.1. The van der Waals surface area contributed by atoms with Crippen LogP contribution in [0.5, 0.6) is 0 Å². The maximum Gasteiger partial charge on any atom is 0.315 e. The molecule has 3 heterocycles. The molecule has 2 aliphatic rings. The summed E-state index contributed by atoms with van der Waals surface area (Å²) in [6.45, 7) is 9.88. The molecular weight excluding hydrogens is 306 g/mol. The molecule has 1 unspecified atom stereocenters. The van der Waals surface area contributed by atoms with Crippen molar-refractivity contribution in [1.82, 2.24) is 25.3 Å². The van der Waals surface area contributed by atoms with E-state index >= 15 is 0 Å². The number of aryl methyl sites for hydroxylation is 1. The van der Waals surface area contributed by atoms with Crippen molar-refractivity contribution >= 4 is 6.03 Å². The fourth-order valence-corrected chi connectivity index (χ4v) is 3.69. The van der Waals surface area contributed by atoms with Crippen molar-refractivity contribution in [3.05, 3.63) is 17.0 Å². The van der Waals surface area contributed by atoms with Crippen LogP contribution in [0.25, 0.3) is 0 Å². The molecule has 134 valence electrons. The van der Waals surface area contributed by atoms with E-state index in [1.165, 1.54) is 11.3 Å². The predicted octanol–water partition coefficient (Wildman–Crippen LogP) is 1.26. The quantitative estimate of drug-likeness (QED) is 0.850. The molecule has 2 N–H and O–H groups in total. The number of carbonyl (C=O) groups is 1. The molecule has 1 aromatic heterocycles. The summed E-state index contributed by atoms with van der Waals surface area (Å²) in [6, 6.07) is 0.149. The molecule has 1 saturated heterocycles. The van der Waals surface area contributed by atoms with Gasteiger partial charge in [0.15, 0.2) is 0 Å². The second-order valence-electron chi connectivity index (χ2n) is 6.57. The standard InChI is InChI=1S/C17H29N5O2/c1-3-18-17(23)19-13-6-5-8-21(10-13)11-15-14-12-24-9-7-16(14)22(4-2)20-15/h13H,3-12H2,1-2H3,(H2,18,19,23). The molecule has 0 saturated carbocycles.